The van der Waals surface area contributed by atoms with Gasteiger partial charge in [-0.05, 0) is 18.6 Å². The summed E-state index contributed by atoms with van der Waals surface area (Å²) in [5.41, 5.74) is 7.07. The van der Waals surface area contributed by atoms with E-state index < -0.39 is 0 Å². The molecule has 0 amide bonds. The Morgan fingerprint density at radius 2 is 1.82 bits per heavy atom. The van der Waals surface area contributed by atoms with Crippen molar-refractivity contribution in [3.8, 4) is 0 Å². The maximum Gasteiger partial charge on any atom is 0.194 e. The van der Waals surface area contributed by atoms with Gasteiger partial charge in [0.25, 0.3) is 0 Å². The van der Waals surface area contributed by atoms with Gasteiger partial charge in [-0.2, -0.15) is 0 Å². The van der Waals surface area contributed by atoms with Gasteiger partial charge in [-0.15, -0.1) is 11.3 Å². The first-order valence-electron chi connectivity index (χ1n) is 6.96. The topological polar surface area (TPSA) is 42.9 Å². The number of allylic oxidation sites excluding steroid dienone is 1. The number of pyridine rings is 1. The van der Waals surface area contributed by atoms with Crippen LogP contribution < -0.4 is 0 Å². The highest BCUT2D eigenvalue weighted by atomic mass is 32.1. The predicted molar refractivity (Wildman–Crippen MR) is 87.8 cm³/mol. The van der Waals surface area contributed by atoms with E-state index >= 15 is 0 Å². The number of carbonyl (C=O) groups excluding carboxylic acids is 1. The first kappa shape index (κ1) is 13.1. The number of aryl methyl sites for hydroxylation is 1. The van der Waals surface area contributed by atoms with E-state index in [1.807, 2.05) is 48.8 Å². The summed E-state index contributed by atoms with van der Waals surface area (Å²) in [4.78, 5) is 22.5. The molecule has 0 saturated carbocycles. The number of benzene rings is 1. The molecule has 0 atom stereocenters. The van der Waals surface area contributed by atoms with Gasteiger partial charge >= 0.3 is 0 Å². The van der Waals surface area contributed by atoms with Crippen molar-refractivity contribution >= 4 is 28.3 Å². The smallest absolute Gasteiger partial charge is 0.194 e. The first-order chi connectivity index (χ1) is 10.8. The molecule has 1 aliphatic rings. The molecule has 22 heavy (non-hydrogen) atoms. The summed E-state index contributed by atoms with van der Waals surface area (Å²) >= 11 is 1.57. The SMILES string of the molecule is Cc1ncsc1C1=C(c2cccnc2)C(=O)c2ccccc21. The third kappa shape index (κ3) is 1.84. The molecule has 0 fully saturated rings. The number of fused-ring (bicyclic) bond motifs is 1. The van der Waals surface area contributed by atoms with Crippen LogP contribution in [0.15, 0.2) is 54.3 Å². The molecule has 0 radical (unpaired) electrons. The van der Waals surface area contributed by atoms with E-state index in [9.17, 15) is 4.79 Å². The molecule has 3 nitrogen and oxygen atoms in total. The van der Waals surface area contributed by atoms with E-state index in [-0.39, 0.29) is 5.78 Å². The second-order valence-electron chi connectivity index (χ2n) is 5.13. The molecular weight excluding hydrogens is 292 g/mol. The van der Waals surface area contributed by atoms with Crippen LogP contribution in [0, 0.1) is 6.92 Å². The summed E-state index contributed by atoms with van der Waals surface area (Å²) in [5.74, 6) is 0.0615. The van der Waals surface area contributed by atoms with Crippen LogP contribution in [-0.4, -0.2) is 15.8 Å². The third-order valence-electron chi connectivity index (χ3n) is 3.84. The fraction of sp³-hybridized carbons (Fsp3) is 0.0556. The van der Waals surface area contributed by atoms with Crippen molar-refractivity contribution in [3.05, 3.63) is 81.6 Å². The lowest BCUT2D eigenvalue weighted by atomic mass is 9.99. The zero-order valence-corrected chi connectivity index (χ0v) is 12.7. The second-order valence-corrected chi connectivity index (χ2v) is 5.99. The van der Waals surface area contributed by atoms with Crippen molar-refractivity contribution in [1.82, 2.24) is 9.97 Å². The Bertz CT molecular complexity index is 910. The Kier molecular flexibility index (Phi) is 2.98. The molecule has 0 bridgehead atoms. The number of aromatic nitrogens is 2. The average Bonchev–Trinajstić information content (AvgIpc) is 3.10. The quantitative estimate of drug-likeness (QED) is 0.718. The largest absolute Gasteiger partial charge is 0.289 e. The zero-order chi connectivity index (χ0) is 15.1. The van der Waals surface area contributed by atoms with Crippen molar-refractivity contribution in [1.29, 1.82) is 0 Å². The fourth-order valence-corrected chi connectivity index (χ4v) is 3.72. The normalized spacial score (nSPS) is 13.6. The molecule has 0 spiro atoms. The van der Waals surface area contributed by atoms with Crippen LogP contribution in [0.2, 0.25) is 0 Å². The van der Waals surface area contributed by atoms with Crippen LogP contribution >= 0.6 is 11.3 Å². The van der Waals surface area contributed by atoms with Gasteiger partial charge < -0.3 is 0 Å². The molecular formula is C18H12N2OS. The Hall–Kier alpha value is -2.59. The van der Waals surface area contributed by atoms with Crippen LogP contribution in [-0.2, 0) is 0 Å². The van der Waals surface area contributed by atoms with Crippen molar-refractivity contribution < 1.29 is 4.79 Å². The maximum atomic E-state index is 12.9. The van der Waals surface area contributed by atoms with Gasteiger partial charge in [0.05, 0.1) is 16.1 Å². The summed E-state index contributed by atoms with van der Waals surface area (Å²) in [6, 6.07) is 11.6. The molecule has 2 heterocycles. The van der Waals surface area contributed by atoms with Crippen LogP contribution in [0.25, 0.3) is 11.1 Å². The lowest BCUT2D eigenvalue weighted by Gasteiger charge is -2.06. The van der Waals surface area contributed by atoms with Crippen LogP contribution in [0.4, 0.5) is 0 Å². The molecule has 0 unspecified atom stereocenters. The fourth-order valence-electron chi connectivity index (χ4n) is 2.85. The number of thiazole rings is 1. The monoisotopic (exact) mass is 304 g/mol. The van der Waals surface area contributed by atoms with E-state index in [1.165, 1.54) is 0 Å². The van der Waals surface area contributed by atoms with Gasteiger partial charge in [0.1, 0.15) is 0 Å². The molecule has 106 valence electrons. The van der Waals surface area contributed by atoms with Gasteiger partial charge in [0, 0.05) is 34.7 Å². The number of Topliss-reactive ketones (excluding diaryl/α,β-unsaturated/α-hetero) is 1. The highest BCUT2D eigenvalue weighted by Crippen LogP contribution is 2.43. The van der Waals surface area contributed by atoms with Crippen molar-refractivity contribution in [2.75, 3.05) is 0 Å². The molecule has 1 aromatic carbocycles. The summed E-state index contributed by atoms with van der Waals surface area (Å²) in [7, 11) is 0. The van der Waals surface area contributed by atoms with Crippen molar-refractivity contribution in [2.45, 2.75) is 6.92 Å². The molecule has 3 aromatic rings. The second kappa shape index (κ2) is 5.00. The molecule has 4 heteroatoms. The molecule has 2 aromatic heterocycles. The summed E-state index contributed by atoms with van der Waals surface area (Å²) in [6.45, 7) is 1.98. The lowest BCUT2D eigenvalue weighted by Crippen LogP contribution is -1.98. The summed E-state index contributed by atoms with van der Waals surface area (Å²) in [5, 5.41) is 0. The van der Waals surface area contributed by atoms with Crippen LogP contribution in [0.5, 0.6) is 0 Å². The number of nitrogens with zero attached hydrogens (tertiary/aromatic N) is 2. The van der Waals surface area contributed by atoms with Gasteiger partial charge in [0.15, 0.2) is 5.78 Å². The Morgan fingerprint density at radius 3 is 2.50 bits per heavy atom. The van der Waals surface area contributed by atoms with Gasteiger partial charge in [0.2, 0.25) is 0 Å². The standard InChI is InChI=1S/C18H12N2OS/c1-11-18(22-10-20-11)16-13-6-2-3-7-14(13)17(21)15(16)12-5-4-8-19-9-12/h2-10H,1H3. The predicted octanol–water partition coefficient (Wildman–Crippen LogP) is 4.00. The maximum absolute atomic E-state index is 12.9. The minimum atomic E-state index is 0.0615. The molecule has 0 N–H and O–H groups in total. The number of hydrogen-bond donors (Lipinski definition) is 0. The zero-order valence-electron chi connectivity index (χ0n) is 11.9. The van der Waals surface area contributed by atoms with Crippen LogP contribution in [0.1, 0.15) is 32.1 Å². The van der Waals surface area contributed by atoms with E-state index in [2.05, 4.69) is 9.97 Å². The van der Waals surface area contributed by atoms with Gasteiger partial charge in [-0.25, -0.2) is 4.98 Å². The number of rotatable bonds is 2. The van der Waals surface area contributed by atoms with Crippen molar-refractivity contribution in [3.63, 3.8) is 0 Å². The molecule has 0 aliphatic heterocycles. The molecule has 4 rings (SSSR count). The highest BCUT2D eigenvalue weighted by molar-refractivity contribution is 7.11. The van der Waals surface area contributed by atoms with Gasteiger partial charge in [-0.1, -0.05) is 30.3 Å². The Morgan fingerprint density at radius 1 is 1.00 bits per heavy atom. The number of hydrogen-bond acceptors (Lipinski definition) is 4. The van der Waals surface area contributed by atoms with E-state index in [1.54, 1.807) is 23.7 Å². The Labute approximate surface area is 132 Å². The number of ketones is 1. The summed E-state index contributed by atoms with van der Waals surface area (Å²) in [6.07, 6.45) is 3.46. The highest BCUT2D eigenvalue weighted by Gasteiger charge is 2.32. The minimum Gasteiger partial charge on any atom is -0.289 e. The molecule has 1 aliphatic carbocycles. The van der Waals surface area contributed by atoms with E-state index in [4.69, 9.17) is 0 Å². The summed E-state index contributed by atoms with van der Waals surface area (Å²) < 4.78 is 0. The van der Waals surface area contributed by atoms with E-state index in [0.717, 1.165) is 38.4 Å². The first-order valence-corrected chi connectivity index (χ1v) is 7.84. The Balaban J connectivity index is 2.07. The van der Waals surface area contributed by atoms with Gasteiger partial charge in [-0.3, -0.25) is 9.78 Å². The van der Waals surface area contributed by atoms with Crippen LogP contribution in [0.3, 0.4) is 0 Å². The molecule has 0 saturated heterocycles. The average molecular weight is 304 g/mol. The van der Waals surface area contributed by atoms with E-state index in [0.29, 0.717) is 0 Å². The minimum absolute atomic E-state index is 0.0615. The lowest BCUT2D eigenvalue weighted by molar-refractivity contribution is 0.105. The third-order valence-corrected chi connectivity index (χ3v) is 4.79. The van der Waals surface area contributed by atoms with Crippen molar-refractivity contribution in [2.24, 2.45) is 0 Å². The number of carbonyl (C=O) groups is 1.